The minimum Gasteiger partial charge on any atom is -0.496 e. The Kier molecular flexibility index (Phi) is 6.45. The number of ether oxygens (including phenoxy) is 2. The average molecular weight is 415 g/mol. The first-order valence-corrected chi connectivity index (χ1v) is 11.5. The van der Waals surface area contributed by atoms with E-state index in [1.165, 1.54) is 11.1 Å². The lowest BCUT2D eigenvalue weighted by atomic mass is 9.73. The Morgan fingerprint density at radius 1 is 1.17 bits per heavy atom. The van der Waals surface area contributed by atoms with Gasteiger partial charge in [-0.05, 0) is 25.8 Å². The molecule has 156 valence electrons. The van der Waals surface area contributed by atoms with Crippen LogP contribution in [0.2, 0.25) is 0 Å². The van der Waals surface area contributed by atoms with E-state index >= 15 is 0 Å². The first-order chi connectivity index (χ1) is 14.2. The van der Waals surface area contributed by atoms with Crippen molar-refractivity contribution in [2.75, 3.05) is 61.7 Å². The third-order valence-electron chi connectivity index (χ3n) is 5.97. The zero-order valence-electron chi connectivity index (χ0n) is 17.3. The van der Waals surface area contributed by atoms with Crippen molar-refractivity contribution in [3.63, 3.8) is 0 Å². The van der Waals surface area contributed by atoms with Crippen molar-refractivity contribution in [1.29, 1.82) is 0 Å². The Labute approximate surface area is 177 Å². The van der Waals surface area contributed by atoms with Crippen LogP contribution in [0.1, 0.15) is 24.0 Å². The summed E-state index contributed by atoms with van der Waals surface area (Å²) in [5.41, 5.74) is 2.47. The van der Waals surface area contributed by atoms with E-state index in [4.69, 9.17) is 9.47 Å². The molecule has 7 heteroatoms. The lowest BCUT2D eigenvalue weighted by Gasteiger charge is -2.39. The molecule has 4 rings (SSSR count). The fourth-order valence-electron chi connectivity index (χ4n) is 4.21. The third-order valence-corrected chi connectivity index (χ3v) is 6.91. The van der Waals surface area contributed by atoms with Gasteiger partial charge in [0, 0.05) is 61.4 Å². The number of anilines is 2. The number of methoxy groups -OCH3 is 1. The first kappa shape index (κ1) is 20.3. The molecule has 0 amide bonds. The summed E-state index contributed by atoms with van der Waals surface area (Å²) in [5, 5.41) is 3.61. The molecule has 2 aliphatic heterocycles. The summed E-state index contributed by atoms with van der Waals surface area (Å²) < 4.78 is 11.4. The molecule has 1 N–H and O–H groups in total. The topological polar surface area (TPSA) is 59.5 Å². The van der Waals surface area contributed by atoms with E-state index in [0.29, 0.717) is 0 Å². The first-order valence-electron chi connectivity index (χ1n) is 10.3. The maximum absolute atomic E-state index is 5.73. The maximum atomic E-state index is 5.73. The van der Waals surface area contributed by atoms with E-state index in [-0.39, 0.29) is 5.41 Å². The summed E-state index contributed by atoms with van der Waals surface area (Å²) >= 11 is 2.00. The van der Waals surface area contributed by atoms with Crippen molar-refractivity contribution in [3.05, 3.63) is 41.7 Å². The molecule has 1 aromatic heterocycles. The van der Waals surface area contributed by atoms with Gasteiger partial charge in [-0.1, -0.05) is 17.7 Å². The van der Waals surface area contributed by atoms with Gasteiger partial charge in [0.1, 0.15) is 23.7 Å². The van der Waals surface area contributed by atoms with Crippen molar-refractivity contribution in [2.24, 2.45) is 0 Å². The second kappa shape index (κ2) is 9.22. The largest absolute Gasteiger partial charge is 0.496 e. The smallest absolute Gasteiger partial charge is 0.134 e. The molecule has 29 heavy (non-hydrogen) atoms. The fourth-order valence-corrected chi connectivity index (χ4v) is 5.11. The number of hydrogen-bond donors (Lipinski definition) is 1. The molecule has 2 aliphatic rings. The zero-order valence-corrected chi connectivity index (χ0v) is 18.1. The highest BCUT2D eigenvalue weighted by atomic mass is 32.2. The highest BCUT2D eigenvalue weighted by Crippen LogP contribution is 2.40. The van der Waals surface area contributed by atoms with Gasteiger partial charge in [0.05, 0.1) is 7.11 Å². The Bertz CT molecular complexity index is 820. The Morgan fingerprint density at radius 3 is 2.72 bits per heavy atom. The van der Waals surface area contributed by atoms with E-state index in [1.807, 2.05) is 11.8 Å². The van der Waals surface area contributed by atoms with Crippen LogP contribution in [0.4, 0.5) is 11.6 Å². The molecule has 0 saturated carbocycles. The summed E-state index contributed by atoms with van der Waals surface area (Å²) in [6.07, 6.45) is 3.59. The van der Waals surface area contributed by atoms with E-state index < -0.39 is 0 Å². The standard InChI is InChI=1S/C22H30N4O2S/c1-17-3-4-19(27-2)18(13-17)22(5-9-28-10-6-22)15-23-20-14-21(25-16-24-20)26-7-11-29-12-8-26/h3-4,13-14,16H,5-12,15H2,1-2H3,(H,23,24,25). The number of rotatable bonds is 6. The molecule has 2 fully saturated rings. The quantitative estimate of drug-likeness (QED) is 0.776. The van der Waals surface area contributed by atoms with E-state index in [9.17, 15) is 0 Å². The van der Waals surface area contributed by atoms with Gasteiger partial charge < -0.3 is 19.7 Å². The van der Waals surface area contributed by atoms with Gasteiger partial charge in [0.25, 0.3) is 0 Å². The van der Waals surface area contributed by atoms with Crippen LogP contribution in [0, 0.1) is 6.92 Å². The summed E-state index contributed by atoms with van der Waals surface area (Å²) in [6.45, 7) is 6.55. The SMILES string of the molecule is COc1ccc(C)cc1C1(CNc2cc(N3CCSCC3)ncn2)CCOCC1. The fraction of sp³-hybridized carbons (Fsp3) is 0.545. The van der Waals surface area contributed by atoms with Crippen LogP contribution >= 0.6 is 11.8 Å². The lowest BCUT2D eigenvalue weighted by molar-refractivity contribution is 0.0535. The van der Waals surface area contributed by atoms with Gasteiger partial charge in [0.15, 0.2) is 0 Å². The van der Waals surface area contributed by atoms with Crippen molar-refractivity contribution in [3.8, 4) is 5.75 Å². The molecule has 0 aliphatic carbocycles. The van der Waals surface area contributed by atoms with Crippen molar-refractivity contribution in [1.82, 2.24) is 9.97 Å². The highest BCUT2D eigenvalue weighted by molar-refractivity contribution is 7.99. The second-order valence-corrected chi connectivity index (χ2v) is 9.04. The Hall–Kier alpha value is -1.99. The van der Waals surface area contributed by atoms with Crippen LogP contribution < -0.4 is 15.0 Å². The van der Waals surface area contributed by atoms with Crippen LogP contribution in [0.25, 0.3) is 0 Å². The van der Waals surface area contributed by atoms with Crippen LogP contribution in [0.5, 0.6) is 5.75 Å². The summed E-state index contributed by atoms with van der Waals surface area (Å²) in [4.78, 5) is 11.3. The van der Waals surface area contributed by atoms with Gasteiger partial charge in [-0.25, -0.2) is 9.97 Å². The van der Waals surface area contributed by atoms with Gasteiger partial charge in [0.2, 0.25) is 0 Å². The number of hydrogen-bond acceptors (Lipinski definition) is 7. The molecule has 0 spiro atoms. The molecule has 3 heterocycles. The highest BCUT2D eigenvalue weighted by Gasteiger charge is 2.37. The van der Waals surface area contributed by atoms with Crippen molar-refractivity contribution >= 4 is 23.4 Å². The lowest BCUT2D eigenvalue weighted by Crippen LogP contribution is -2.40. The predicted molar refractivity (Wildman–Crippen MR) is 120 cm³/mol. The average Bonchev–Trinajstić information content (AvgIpc) is 2.79. The molecule has 0 bridgehead atoms. The summed E-state index contributed by atoms with van der Waals surface area (Å²) in [6, 6.07) is 8.54. The molecule has 0 unspecified atom stereocenters. The number of nitrogens with zero attached hydrogens (tertiary/aromatic N) is 3. The van der Waals surface area contributed by atoms with Gasteiger partial charge in [-0.15, -0.1) is 0 Å². The number of thioether (sulfide) groups is 1. The number of nitrogens with one attached hydrogen (secondary N) is 1. The normalized spacial score (nSPS) is 19.0. The summed E-state index contributed by atoms with van der Waals surface area (Å²) in [5.74, 6) is 5.16. The van der Waals surface area contributed by atoms with E-state index in [2.05, 4.69) is 51.4 Å². The van der Waals surface area contributed by atoms with Crippen LogP contribution in [0.3, 0.4) is 0 Å². The van der Waals surface area contributed by atoms with Crippen molar-refractivity contribution in [2.45, 2.75) is 25.2 Å². The number of aromatic nitrogens is 2. The van der Waals surface area contributed by atoms with Gasteiger partial charge >= 0.3 is 0 Å². The molecular weight excluding hydrogens is 384 g/mol. The number of aryl methyl sites for hydroxylation is 1. The van der Waals surface area contributed by atoms with Gasteiger partial charge in [-0.3, -0.25) is 0 Å². The molecule has 2 aromatic rings. The third kappa shape index (κ3) is 4.61. The monoisotopic (exact) mass is 414 g/mol. The van der Waals surface area contributed by atoms with E-state index in [0.717, 1.165) is 74.6 Å². The molecule has 0 atom stereocenters. The zero-order chi connectivity index (χ0) is 20.1. The molecule has 6 nitrogen and oxygen atoms in total. The summed E-state index contributed by atoms with van der Waals surface area (Å²) in [7, 11) is 1.75. The molecule has 1 aromatic carbocycles. The minimum absolute atomic E-state index is 0.0392. The van der Waals surface area contributed by atoms with Crippen molar-refractivity contribution < 1.29 is 9.47 Å². The van der Waals surface area contributed by atoms with E-state index in [1.54, 1.807) is 13.4 Å². The molecule has 2 saturated heterocycles. The van der Waals surface area contributed by atoms with Gasteiger partial charge in [-0.2, -0.15) is 11.8 Å². The van der Waals surface area contributed by atoms with Crippen LogP contribution in [0.15, 0.2) is 30.6 Å². The molecule has 0 radical (unpaired) electrons. The minimum atomic E-state index is -0.0392. The predicted octanol–water partition coefficient (Wildman–Crippen LogP) is 3.51. The molecular formula is C22H30N4O2S. The van der Waals surface area contributed by atoms with Crippen LogP contribution in [-0.2, 0) is 10.2 Å². The maximum Gasteiger partial charge on any atom is 0.134 e. The van der Waals surface area contributed by atoms with Crippen LogP contribution in [-0.4, -0.2) is 61.4 Å². The Morgan fingerprint density at radius 2 is 1.97 bits per heavy atom. The number of benzene rings is 1. The second-order valence-electron chi connectivity index (χ2n) is 7.81. The Balaban J connectivity index is 1.56.